The Labute approximate surface area is 124 Å². The molecule has 112 valence electrons. The number of rotatable bonds is 5. The van der Waals surface area contributed by atoms with Crippen LogP contribution in [-0.2, 0) is 9.53 Å². The van der Waals surface area contributed by atoms with Gasteiger partial charge in [-0.2, -0.15) is 5.26 Å². The van der Waals surface area contributed by atoms with Gasteiger partial charge in [-0.15, -0.1) is 0 Å². The van der Waals surface area contributed by atoms with E-state index in [-0.39, 0.29) is 5.97 Å². The number of pyridine rings is 1. The van der Waals surface area contributed by atoms with Gasteiger partial charge in [-0.3, -0.25) is 9.69 Å². The highest BCUT2D eigenvalue weighted by molar-refractivity contribution is 5.69. The average Bonchev–Trinajstić information content (AvgIpc) is 2.54. The normalized spacial score (nSPS) is 15.5. The van der Waals surface area contributed by atoms with Crippen molar-refractivity contribution in [3.8, 4) is 6.07 Å². The van der Waals surface area contributed by atoms with E-state index in [1.165, 1.54) is 0 Å². The van der Waals surface area contributed by atoms with Crippen LogP contribution in [0.3, 0.4) is 0 Å². The second-order valence-corrected chi connectivity index (χ2v) is 4.90. The van der Waals surface area contributed by atoms with Gasteiger partial charge >= 0.3 is 5.97 Å². The van der Waals surface area contributed by atoms with Crippen LogP contribution in [0.15, 0.2) is 18.3 Å². The maximum absolute atomic E-state index is 11.3. The number of hydrogen-bond donors (Lipinski definition) is 0. The molecule has 0 unspecified atom stereocenters. The lowest BCUT2D eigenvalue weighted by Crippen LogP contribution is -2.47. The number of hydrogen-bond acceptors (Lipinski definition) is 6. The van der Waals surface area contributed by atoms with Crippen LogP contribution in [0.5, 0.6) is 0 Å². The van der Waals surface area contributed by atoms with Crippen LogP contribution in [0.25, 0.3) is 0 Å². The third kappa shape index (κ3) is 4.43. The topological polar surface area (TPSA) is 69.5 Å². The monoisotopic (exact) mass is 288 g/mol. The van der Waals surface area contributed by atoms with Crippen molar-refractivity contribution in [2.24, 2.45) is 0 Å². The second kappa shape index (κ2) is 7.60. The van der Waals surface area contributed by atoms with E-state index in [0.29, 0.717) is 18.6 Å². The summed E-state index contributed by atoms with van der Waals surface area (Å²) >= 11 is 0. The van der Waals surface area contributed by atoms with Crippen molar-refractivity contribution in [2.45, 2.75) is 13.3 Å². The lowest BCUT2D eigenvalue weighted by Gasteiger charge is -2.35. The van der Waals surface area contributed by atoms with Crippen LogP contribution >= 0.6 is 0 Å². The van der Waals surface area contributed by atoms with Gasteiger partial charge in [0.2, 0.25) is 0 Å². The van der Waals surface area contributed by atoms with Crippen molar-refractivity contribution in [2.75, 3.05) is 44.2 Å². The van der Waals surface area contributed by atoms with E-state index in [1.807, 2.05) is 13.0 Å². The van der Waals surface area contributed by atoms with Gasteiger partial charge in [-0.1, -0.05) is 0 Å². The first kappa shape index (κ1) is 15.3. The molecular formula is C15H20N4O2. The van der Waals surface area contributed by atoms with Gasteiger partial charge in [0.25, 0.3) is 0 Å². The van der Waals surface area contributed by atoms with Gasteiger partial charge in [0.1, 0.15) is 11.9 Å². The van der Waals surface area contributed by atoms with Gasteiger partial charge in [0.15, 0.2) is 0 Å². The van der Waals surface area contributed by atoms with Crippen molar-refractivity contribution >= 4 is 11.8 Å². The Morgan fingerprint density at radius 3 is 2.71 bits per heavy atom. The predicted octanol–water partition coefficient (Wildman–Crippen LogP) is 1.03. The maximum Gasteiger partial charge on any atom is 0.307 e. The molecule has 6 heteroatoms. The van der Waals surface area contributed by atoms with Crippen molar-refractivity contribution in [1.82, 2.24) is 9.88 Å². The van der Waals surface area contributed by atoms with Crippen LogP contribution in [0.4, 0.5) is 5.82 Å². The van der Waals surface area contributed by atoms with Crippen molar-refractivity contribution in [3.05, 3.63) is 23.9 Å². The van der Waals surface area contributed by atoms with Crippen molar-refractivity contribution in [1.29, 1.82) is 5.26 Å². The summed E-state index contributed by atoms with van der Waals surface area (Å²) in [4.78, 5) is 20.1. The molecule has 1 aliphatic rings. The maximum atomic E-state index is 11.3. The molecule has 0 atom stereocenters. The summed E-state index contributed by atoms with van der Waals surface area (Å²) < 4.78 is 4.93. The summed E-state index contributed by atoms with van der Waals surface area (Å²) in [7, 11) is 0. The Kier molecular flexibility index (Phi) is 5.52. The summed E-state index contributed by atoms with van der Waals surface area (Å²) in [6, 6.07) is 5.74. The van der Waals surface area contributed by atoms with E-state index < -0.39 is 0 Å². The SMILES string of the molecule is CCOC(=O)CCN1CCN(c2ccc(C#N)cn2)CC1. The molecule has 0 aromatic carbocycles. The summed E-state index contributed by atoms with van der Waals surface area (Å²) in [6.07, 6.45) is 2.05. The first-order valence-electron chi connectivity index (χ1n) is 7.22. The largest absolute Gasteiger partial charge is 0.466 e. The molecule has 0 spiro atoms. The third-order valence-electron chi connectivity index (χ3n) is 3.51. The van der Waals surface area contributed by atoms with Crippen LogP contribution in [0.2, 0.25) is 0 Å². The second-order valence-electron chi connectivity index (χ2n) is 4.90. The average molecular weight is 288 g/mol. The molecule has 0 saturated carbocycles. The van der Waals surface area contributed by atoms with E-state index in [4.69, 9.17) is 10.00 Å². The van der Waals surface area contributed by atoms with Crippen LogP contribution in [-0.4, -0.2) is 55.2 Å². The van der Waals surface area contributed by atoms with Gasteiger partial charge < -0.3 is 9.64 Å². The zero-order chi connectivity index (χ0) is 15.1. The molecule has 1 aliphatic heterocycles. The molecule has 1 saturated heterocycles. The van der Waals surface area contributed by atoms with Crippen LogP contribution in [0, 0.1) is 11.3 Å². The highest BCUT2D eigenvalue weighted by Crippen LogP contribution is 2.14. The van der Waals surface area contributed by atoms with Crippen molar-refractivity contribution in [3.63, 3.8) is 0 Å². The number of anilines is 1. The number of ether oxygens (including phenoxy) is 1. The Morgan fingerprint density at radius 1 is 1.38 bits per heavy atom. The number of esters is 1. The Hall–Kier alpha value is -2.13. The highest BCUT2D eigenvalue weighted by Gasteiger charge is 2.18. The number of nitrogens with zero attached hydrogens (tertiary/aromatic N) is 4. The van der Waals surface area contributed by atoms with Gasteiger partial charge in [0, 0.05) is 38.9 Å². The van der Waals surface area contributed by atoms with Crippen LogP contribution < -0.4 is 4.90 Å². The molecule has 2 heterocycles. The summed E-state index contributed by atoms with van der Waals surface area (Å²) in [5, 5.41) is 8.77. The summed E-state index contributed by atoms with van der Waals surface area (Å²) in [5.41, 5.74) is 0.576. The molecule has 0 N–H and O–H groups in total. The highest BCUT2D eigenvalue weighted by atomic mass is 16.5. The molecule has 0 radical (unpaired) electrons. The lowest BCUT2D eigenvalue weighted by atomic mass is 10.2. The molecule has 1 aromatic rings. The molecular weight excluding hydrogens is 268 g/mol. The first-order valence-corrected chi connectivity index (χ1v) is 7.22. The van der Waals surface area contributed by atoms with E-state index in [2.05, 4.69) is 20.9 Å². The fraction of sp³-hybridized carbons (Fsp3) is 0.533. The molecule has 1 fully saturated rings. The number of carbonyl (C=O) groups is 1. The number of nitriles is 1. The Balaban J connectivity index is 1.77. The number of piperazine rings is 1. The molecule has 6 nitrogen and oxygen atoms in total. The Morgan fingerprint density at radius 2 is 2.14 bits per heavy atom. The van der Waals surface area contributed by atoms with Crippen LogP contribution in [0.1, 0.15) is 18.9 Å². The first-order chi connectivity index (χ1) is 10.2. The van der Waals surface area contributed by atoms with E-state index in [1.54, 1.807) is 12.3 Å². The van der Waals surface area contributed by atoms with Gasteiger partial charge in [-0.05, 0) is 19.1 Å². The molecule has 2 rings (SSSR count). The lowest BCUT2D eigenvalue weighted by molar-refractivity contribution is -0.143. The standard InChI is InChI=1S/C15H20N4O2/c1-2-21-15(20)5-6-18-7-9-19(10-8-18)14-4-3-13(11-16)12-17-14/h3-4,12H,2,5-10H2,1H3. The zero-order valence-corrected chi connectivity index (χ0v) is 12.3. The fourth-order valence-corrected chi connectivity index (χ4v) is 2.32. The van der Waals surface area contributed by atoms with E-state index in [0.717, 1.165) is 38.5 Å². The molecule has 21 heavy (non-hydrogen) atoms. The third-order valence-corrected chi connectivity index (χ3v) is 3.51. The number of carbonyl (C=O) groups excluding carboxylic acids is 1. The Bertz CT molecular complexity index is 501. The summed E-state index contributed by atoms with van der Waals surface area (Å²) in [6.45, 7) is 6.57. The smallest absolute Gasteiger partial charge is 0.307 e. The zero-order valence-electron chi connectivity index (χ0n) is 12.3. The van der Waals surface area contributed by atoms with Gasteiger partial charge in [0.05, 0.1) is 18.6 Å². The van der Waals surface area contributed by atoms with Gasteiger partial charge in [-0.25, -0.2) is 4.98 Å². The number of aromatic nitrogens is 1. The summed E-state index contributed by atoms with van der Waals surface area (Å²) in [5.74, 6) is 0.771. The predicted molar refractivity (Wildman–Crippen MR) is 78.9 cm³/mol. The molecule has 1 aromatic heterocycles. The van der Waals surface area contributed by atoms with E-state index in [9.17, 15) is 4.79 Å². The minimum Gasteiger partial charge on any atom is -0.466 e. The van der Waals surface area contributed by atoms with E-state index >= 15 is 0 Å². The fourth-order valence-electron chi connectivity index (χ4n) is 2.32. The molecule has 0 amide bonds. The van der Waals surface area contributed by atoms with Crippen molar-refractivity contribution < 1.29 is 9.53 Å². The molecule has 0 aliphatic carbocycles. The molecule has 0 bridgehead atoms. The minimum absolute atomic E-state index is 0.131. The quantitative estimate of drug-likeness (QED) is 0.754. The minimum atomic E-state index is -0.131.